The summed E-state index contributed by atoms with van der Waals surface area (Å²) in [5.74, 6) is 0. The molecule has 1 aromatic heterocycles. The number of aliphatic hydroxyl groups is 1. The molecule has 0 bridgehead atoms. The van der Waals surface area contributed by atoms with E-state index < -0.39 is 0 Å². The first-order valence-corrected chi connectivity index (χ1v) is 5.21. The number of aromatic nitrogens is 1. The topological polar surface area (TPSA) is 36.4 Å². The Balaban J connectivity index is 2.36. The molecule has 0 saturated carbocycles. The van der Waals surface area contributed by atoms with Gasteiger partial charge in [-0.05, 0) is 12.1 Å². The lowest BCUT2D eigenvalue weighted by Gasteiger charge is -2.18. The standard InChI is InChI=1S/C12H18N2O/c1-2-8-14(10-11-15)9-6-12-5-3-4-7-13-12/h2-5,7,15H,1,6,8-11H2. The SMILES string of the molecule is C=CCN(CCO)CCc1ccccn1. The average molecular weight is 206 g/mol. The smallest absolute Gasteiger partial charge is 0.0558 e. The summed E-state index contributed by atoms with van der Waals surface area (Å²) >= 11 is 0. The van der Waals surface area contributed by atoms with E-state index in [9.17, 15) is 0 Å². The molecule has 0 spiro atoms. The first kappa shape index (κ1) is 11.9. The zero-order valence-electron chi connectivity index (χ0n) is 8.97. The van der Waals surface area contributed by atoms with E-state index in [0.717, 1.165) is 25.2 Å². The summed E-state index contributed by atoms with van der Waals surface area (Å²) in [6, 6.07) is 5.93. The fraction of sp³-hybridized carbons (Fsp3) is 0.417. The van der Waals surface area contributed by atoms with Crippen LogP contribution in [0.3, 0.4) is 0 Å². The third kappa shape index (κ3) is 4.72. The van der Waals surface area contributed by atoms with Crippen LogP contribution in [0.4, 0.5) is 0 Å². The van der Waals surface area contributed by atoms with Crippen LogP contribution in [-0.2, 0) is 6.42 Å². The van der Waals surface area contributed by atoms with Crippen LogP contribution < -0.4 is 0 Å². The molecule has 0 fully saturated rings. The fourth-order valence-electron chi connectivity index (χ4n) is 1.44. The van der Waals surface area contributed by atoms with Crippen LogP contribution in [0.25, 0.3) is 0 Å². The Morgan fingerprint density at radius 2 is 2.27 bits per heavy atom. The van der Waals surface area contributed by atoms with Gasteiger partial charge in [0.1, 0.15) is 0 Å². The Kier molecular flexibility index (Phi) is 5.66. The van der Waals surface area contributed by atoms with Gasteiger partial charge in [0, 0.05) is 37.9 Å². The maximum Gasteiger partial charge on any atom is 0.0558 e. The van der Waals surface area contributed by atoms with Gasteiger partial charge in [0.05, 0.1) is 6.61 Å². The minimum atomic E-state index is 0.191. The number of pyridine rings is 1. The lowest BCUT2D eigenvalue weighted by Crippen LogP contribution is -2.29. The van der Waals surface area contributed by atoms with Crippen molar-refractivity contribution in [3.63, 3.8) is 0 Å². The molecule has 0 aromatic carbocycles. The summed E-state index contributed by atoms with van der Waals surface area (Å²) in [7, 11) is 0. The van der Waals surface area contributed by atoms with E-state index in [1.807, 2.05) is 24.3 Å². The summed E-state index contributed by atoms with van der Waals surface area (Å²) in [6.45, 7) is 6.30. The molecule has 0 aliphatic carbocycles. The highest BCUT2D eigenvalue weighted by Gasteiger charge is 2.02. The van der Waals surface area contributed by atoms with Crippen LogP contribution in [0.5, 0.6) is 0 Å². The second-order valence-corrected chi connectivity index (χ2v) is 3.38. The van der Waals surface area contributed by atoms with Crippen molar-refractivity contribution in [2.45, 2.75) is 6.42 Å². The highest BCUT2D eigenvalue weighted by atomic mass is 16.3. The van der Waals surface area contributed by atoms with E-state index in [2.05, 4.69) is 16.5 Å². The predicted molar refractivity (Wildman–Crippen MR) is 61.7 cm³/mol. The molecule has 1 heterocycles. The quantitative estimate of drug-likeness (QED) is 0.679. The number of nitrogens with zero attached hydrogens (tertiary/aromatic N) is 2. The van der Waals surface area contributed by atoms with Crippen LogP contribution in [-0.4, -0.2) is 41.2 Å². The molecule has 0 aliphatic heterocycles. The van der Waals surface area contributed by atoms with Crippen molar-refractivity contribution in [2.75, 3.05) is 26.2 Å². The van der Waals surface area contributed by atoms with Crippen LogP contribution >= 0.6 is 0 Å². The molecule has 0 radical (unpaired) electrons. The average Bonchev–Trinajstić information content (AvgIpc) is 2.28. The Morgan fingerprint density at radius 3 is 2.87 bits per heavy atom. The van der Waals surface area contributed by atoms with Crippen molar-refractivity contribution in [2.24, 2.45) is 0 Å². The third-order valence-electron chi connectivity index (χ3n) is 2.21. The lowest BCUT2D eigenvalue weighted by molar-refractivity contribution is 0.209. The van der Waals surface area contributed by atoms with Crippen molar-refractivity contribution in [1.82, 2.24) is 9.88 Å². The summed E-state index contributed by atoms with van der Waals surface area (Å²) < 4.78 is 0. The molecule has 3 heteroatoms. The van der Waals surface area contributed by atoms with Crippen LogP contribution in [0.1, 0.15) is 5.69 Å². The molecular formula is C12H18N2O. The van der Waals surface area contributed by atoms with E-state index in [-0.39, 0.29) is 6.61 Å². The molecule has 1 aromatic rings. The molecule has 0 atom stereocenters. The van der Waals surface area contributed by atoms with Gasteiger partial charge in [0.15, 0.2) is 0 Å². The zero-order chi connectivity index (χ0) is 10.9. The molecule has 0 unspecified atom stereocenters. The normalized spacial score (nSPS) is 10.5. The molecule has 0 amide bonds. The number of rotatable bonds is 7. The van der Waals surface area contributed by atoms with Gasteiger partial charge in [-0.1, -0.05) is 12.1 Å². The lowest BCUT2D eigenvalue weighted by atomic mass is 10.2. The van der Waals surface area contributed by atoms with Gasteiger partial charge in [-0.25, -0.2) is 0 Å². The second kappa shape index (κ2) is 7.15. The van der Waals surface area contributed by atoms with Crippen molar-refractivity contribution in [3.8, 4) is 0 Å². The Morgan fingerprint density at radius 1 is 1.40 bits per heavy atom. The summed E-state index contributed by atoms with van der Waals surface area (Å²) in [5, 5.41) is 8.87. The largest absolute Gasteiger partial charge is 0.395 e. The molecule has 15 heavy (non-hydrogen) atoms. The van der Waals surface area contributed by atoms with Gasteiger partial charge in [0.2, 0.25) is 0 Å². The fourth-order valence-corrected chi connectivity index (χ4v) is 1.44. The summed E-state index contributed by atoms with van der Waals surface area (Å²) in [4.78, 5) is 6.41. The van der Waals surface area contributed by atoms with Crippen molar-refractivity contribution < 1.29 is 5.11 Å². The van der Waals surface area contributed by atoms with Crippen molar-refractivity contribution in [3.05, 3.63) is 42.7 Å². The van der Waals surface area contributed by atoms with Crippen LogP contribution in [0, 0.1) is 0 Å². The first-order valence-electron chi connectivity index (χ1n) is 5.21. The van der Waals surface area contributed by atoms with E-state index in [1.54, 1.807) is 6.20 Å². The monoisotopic (exact) mass is 206 g/mol. The van der Waals surface area contributed by atoms with Crippen molar-refractivity contribution >= 4 is 0 Å². The number of aliphatic hydroxyl groups excluding tert-OH is 1. The first-order chi connectivity index (χ1) is 7.36. The molecule has 0 saturated heterocycles. The Labute approximate surface area is 91.1 Å². The van der Waals surface area contributed by atoms with Crippen LogP contribution in [0.2, 0.25) is 0 Å². The van der Waals surface area contributed by atoms with E-state index in [0.29, 0.717) is 6.54 Å². The highest BCUT2D eigenvalue weighted by molar-refractivity contribution is 5.03. The molecular weight excluding hydrogens is 188 g/mol. The third-order valence-corrected chi connectivity index (χ3v) is 2.21. The Bertz CT molecular complexity index is 274. The predicted octanol–water partition coefficient (Wildman–Crippen LogP) is 1.10. The number of hydrogen-bond acceptors (Lipinski definition) is 3. The number of hydrogen-bond donors (Lipinski definition) is 1. The van der Waals surface area contributed by atoms with Gasteiger partial charge in [-0.15, -0.1) is 6.58 Å². The molecule has 1 rings (SSSR count). The van der Waals surface area contributed by atoms with Gasteiger partial charge in [0.25, 0.3) is 0 Å². The maximum absolute atomic E-state index is 8.87. The molecule has 1 N–H and O–H groups in total. The van der Waals surface area contributed by atoms with Crippen molar-refractivity contribution in [1.29, 1.82) is 0 Å². The molecule has 82 valence electrons. The highest BCUT2D eigenvalue weighted by Crippen LogP contribution is 1.97. The minimum absolute atomic E-state index is 0.191. The van der Waals surface area contributed by atoms with Gasteiger partial charge in [-0.2, -0.15) is 0 Å². The minimum Gasteiger partial charge on any atom is -0.395 e. The maximum atomic E-state index is 8.87. The molecule has 0 aliphatic rings. The van der Waals surface area contributed by atoms with E-state index in [1.165, 1.54) is 0 Å². The van der Waals surface area contributed by atoms with Crippen LogP contribution in [0.15, 0.2) is 37.1 Å². The Hall–Kier alpha value is -1.19. The zero-order valence-corrected chi connectivity index (χ0v) is 8.97. The van der Waals surface area contributed by atoms with E-state index >= 15 is 0 Å². The second-order valence-electron chi connectivity index (χ2n) is 3.38. The van der Waals surface area contributed by atoms with Gasteiger partial charge < -0.3 is 5.11 Å². The summed E-state index contributed by atoms with van der Waals surface area (Å²) in [6.07, 6.45) is 4.57. The molecule has 3 nitrogen and oxygen atoms in total. The summed E-state index contributed by atoms with van der Waals surface area (Å²) in [5.41, 5.74) is 1.09. The van der Waals surface area contributed by atoms with Gasteiger partial charge in [-0.3, -0.25) is 9.88 Å². The van der Waals surface area contributed by atoms with Gasteiger partial charge >= 0.3 is 0 Å². The van der Waals surface area contributed by atoms with E-state index in [4.69, 9.17) is 5.11 Å².